The quantitative estimate of drug-likeness (QED) is 0.692. The largest absolute Gasteiger partial charge is 0.207 e. The third-order valence-electron chi connectivity index (χ3n) is 3.97. The van der Waals surface area contributed by atoms with Crippen molar-refractivity contribution in [2.24, 2.45) is 11.8 Å². The van der Waals surface area contributed by atoms with Gasteiger partial charge in [0.25, 0.3) is 0 Å². The average Bonchev–Trinajstić information content (AvgIpc) is 2.30. The van der Waals surface area contributed by atoms with Crippen molar-refractivity contribution in [2.75, 3.05) is 0 Å². The Morgan fingerprint density at radius 3 is 2.59 bits per heavy atom. The van der Waals surface area contributed by atoms with Crippen molar-refractivity contribution < 1.29 is 4.39 Å². The molecule has 1 fully saturated rings. The lowest BCUT2D eigenvalue weighted by Gasteiger charge is -2.26. The Labute approximate surface area is 108 Å². The van der Waals surface area contributed by atoms with Crippen molar-refractivity contribution in [3.8, 4) is 0 Å². The van der Waals surface area contributed by atoms with Gasteiger partial charge in [-0.25, -0.2) is 4.39 Å². The summed E-state index contributed by atoms with van der Waals surface area (Å²) < 4.78 is 13.6. The molecule has 0 heterocycles. The van der Waals surface area contributed by atoms with Crippen molar-refractivity contribution in [1.82, 2.24) is 0 Å². The molecular formula is C15H20ClF. The van der Waals surface area contributed by atoms with Crippen LogP contribution in [0.4, 0.5) is 4.39 Å². The van der Waals surface area contributed by atoms with Crippen LogP contribution in [0.3, 0.4) is 0 Å². The first-order chi connectivity index (χ1) is 8.15. The molecule has 1 aliphatic carbocycles. The van der Waals surface area contributed by atoms with Crippen LogP contribution in [-0.4, -0.2) is 0 Å². The van der Waals surface area contributed by atoms with E-state index in [0.29, 0.717) is 5.02 Å². The number of hydrogen-bond donors (Lipinski definition) is 0. The minimum absolute atomic E-state index is 0.151. The number of benzene rings is 1. The molecule has 1 aliphatic rings. The Morgan fingerprint density at radius 1 is 1.24 bits per heavy atom. The van der Waals surface area contributed by atoms with Gasteiger partial charge in [0, 0.05) is 5.02 Å². The first-order valence-corrected chi connectivity index (χ1v) is 6.97. The Morgan fingerprint density at radius 2 is 1.94 bits per heavy atom. The fourth-order valence-electron chi connectivity index (χ4n) is 2.70. The van der Waals surface area contributed by atoms with Gasteiger partial charge in [0.05, 0.1) is 0 Å². The first-order valence-electron chi connectivity index (χ1n) is 6.59. The van der Waals surface area contributed by atoms with E-state index >= 15 is 0 Å². The molecule has 0 radical (unpaired) electrons. The number of rotatable bonds is 3. The van der Waals surface area contributed by atoms with Crippen LogP contribution in [0, 0.1) is 17.7 Å². The second kappa shape index (κ2) is 5.86. The van der Waals surface area contributed by atoms with Gasteiger partial charge in [0.15, 0.2) is 0 Å². The van der Waals surface area contributed by atoms with E-state index in [4.69, 9.17) is 11.6 Å². The van der Waals surface area contributed by atoms with Crippen LogP contribution in [0.2, 0.25) is 5.02 Å². The molecule has 0 saturated heterocycles. The van der Waals surface area contributed by atoms with Gasteiger partial charge in [-0.1, -0.05) is 50.3 Å². The molecule has 0 aliphatic heterocycles. The predicted molar refractivity (Wildman–Crippen MR) is 70.9 cm³/mol. The fraction of sp³-hybridized carbons (Fsp3) is 0.600. The Balaban J connectivity index is 1.85. The normalized spacial score (nSPS) is 24.9. The van der Waals surface area contributed by atoms with Crippen LogP contribution in [0.15, 0.2) is 18.2 Å². The molecule has 2 heteroatoms. The molecule has 0 nitrogen and oxygen atoms in total. The van der Waals surface area contributed by atoms with Crippen molar-refractivity contribution in [3.05, 3.63) is 34.6 Å². The van der Waals surface area contributed by atoms with Gasteiger partial charge < -0.3 is 0 Å². The standard InChI is InChI=1S/C15H20ClF/c1-11-2-4-12(5-3-11)6-7-13-8-9-14(16)10-15(13)17/h8-12H,2-7H2,1H3. The van der Waals surface area contributed by atoms with Gasteiger partial charge in [-0.3, -0.25) is 0 Å². The highest BCUT2D eigenvalue weighted by molar-refractivity contribution is 6.30. The van der Waals surface area contributed by atoms with Crippen LogP contribution < -0.4 is 0 Å². The summed E-state index contributed by atoms with van der Waals surface area (Å²) in [4.78, 5) is 0. The van der Waals surface area contributed by atoms with E-state index in [2.05, 4.69) is 6.92 Å². The van der Waals surface area contributed by atoms with Gasteiger partial charge in [0.2, 0.25) is 0 Å². The van der Waals surface area contributed by atoms with Crippen LogP contribution in [0.25, 0.3) is 0 Å². The van der Waals surface area contributed by atoms with Crippen LogP contribution >= 0.6 is 11.6 Å². The average molecular weight is 255 g/mol. The Bertz CT molecular complexity index is 367. The maximum Gasteiger partial charge on any atom is 0.127 e. The van der Waals surface area contributed by atoms with Crippen LogP contribution in [0.5, 0.6) is 0 Å². The van der Waals surface area contributed by atoms with Gasteiger partial charge in [-0.2, -0.15) is 0 Å². The highest BCUT2D eigenvalue weighted by Crippen LogP contribution is 2.31. The van der Waals surface area contributed by atoms with Crippen molar-refractivity contribution >= 4 is 11.6 Å². The molecular weight excluding hydrogens is 235 g/mol. The molecule has 1 aromatic rings. The summed E-state index contributed by atoms with van der Waals surface area (Å²) >= 11 is 5.74. The lowest BCUT2D eigenvalue weighted by atomic mass is 9.80. The Hall–Kier alpha value is -0.560. The second-order valence-corrected chi connectivity index (χ2v) is 5.84. The molecule has 0 unspecified atom stereocenters. The third kappa shape index (κ3) is 3.70. The van der Waals surface area contributed by atoms with Gasteiger partial charge in [0.1, 0.15) is 5.82 Å². The topological polar surface area (TPSA) is 0 Å². The summed E-state index contributed by atoms with van der Waals surface area (Å²) in [5.41, 5.74) is 0.813. The monoisotopic (exact) mass is 254 g/mol. The van der Waals surface area contributed by atoms with E-state index in [1.54, 1.807) is 6.07 Å². The number of aryl methyl sites for hydroxylation is 1. The number of hydrogen-bond acceptors (Lipinski definition) is 0. The summed E-state index contributed by atoms with van der Waals surface area (Å²) in [7, 11) is 0. The molecule has 1 aromatic carbocycles. The van der Waals surface area contributed by atoms with E-state index in [0.717, 1.165) is 30.2 Å². The molecule has 0 atom stereocenters. The lowest BCUT2D eigenvalue weighted by molar-refractivity contribution is 0.277. The molecule has 0 aromatic heterocycles. The van der Waals surface area contributed by atoms with Crippen molar-refractivity contribution in [1.29, 1.82) is 0 Å². The summed E-state index contributed by atoms with van der Waals surface area (Å²) in [5, 5.41) is 0.484. The SMILES string of the molecule is CC1CCC(CCc2ccc(Cl)cc2F)CC1. The van der Waals surface area contributed by atoms with Gasteiger partial charge in [-0.05, 0) is 42.4 Å². The van der Waals surface area contributed by atoms with E-state index in [-0.39, 0.29) is 5.82 Å². The summed E-state index contributed by atoms with van der Waals surface area (Å²) in [6, 6.07) is 5.02. The predicted octanol–water partition coefficient (Wildman–Crippen LogP) is 5.24. The first kappa shape index (κ1) is 12.9. The maximum atomic E-state index is 13.6. The molecule has 0 amide bonds. The fourth-order valence-corrected chi connectivity index (χ4v) is 2.86. The van der Waals surface area contributed by atoms with Crippen LogP contribution in [0.1, 0.15) is 44.6 Å². The second-order valence-electron chi connectivity index (χ2n) is 5.40. The summed E-state index contributed by atoms with van der Waals surface area (Å²) in [6.07, 6.45) is 7.28. The lowest BCUT2D eigenvalue weighted by Crippen LogP contribution is -2.13. The smallest absolute Gasteiger partial charge is 0.127 e. The Kier molecular flexibility index (Phi) is 4.44. The molecule has 0 bridgehead atoms. The summed E-state index contributed by atoms with van der Waals surface area (Å²) in [6.45, 7) is 2.33. The molecule has 0 N–H and O–H groups in total. The van der Waals surface area contributed by atoms with E-state index in [1.807, 2.05) is 6.07 Å². The van der Waals surface area contributed by atoms with E-state index < -0.39 is 0 Å². The van der Waals surface area contributed by atoms with E-state index in [1.165, 1.54) is 31.7 Å². The van der Waals surface area contributed by atoms with Crippen LogP contribution in [-0.2, 0) is 6.42 Å². The minimum atomic E-state index is -0.151. The highest BCUT2D eigenvalue weighted by atomic mass is 35.5. The van der Waals surface area contributed by atoms with Gasteiger partial charge >= 0.3 is 0 Å². The molecule has 2 rings (SSSR count). The zero-order valence-electron chi connectivity index (χ0n) is 10.4. The third-order valence-corrected chi connectivity index (χ3v) is 4.21. The van der Waals surface area contributed by atoms with Crippen molar-refractivity contribution in [3.63, 3.8) is 0 Å². The summed E-state index contributed by atoms with van der Waals surface area (Å²) in [5.74, 6) is 1.53. The van der Waals surface area contributed by atoms with E-state index in [9.17, 15) is 4.39 Å². The highest BCUT2D eigenvalue weighted by Gasteiger charge is 2.18. The molecule has 17 heavy (non-hydrogen) atoms. The minimum Gasteiger partial charge on any atom is -0.207 e. The van der Waals surface area contributed by atoms with Gasteiger partial charge in [-0.15, -0.1) is 0 Å². The number of halogens is 2. The maximum absolute atomic E-state index is 13.6. The zero-order valence-corrected chi connectivity index (χ0v) is 11.1. The molecule has 1 saturated carbocycles. The molecule has 94 valence electrons. The van der Waals surface area contributed by atoms with Crippen molar-refractivity contribution in [2.45, 2.75) is 45.4 Å². The zero-order chi connectivity index (χ0) is 12.3. The molecule has 0 spiro atoms.